The lowest BCUT2D eigenvalue weighted by atomic mass is 9.97. The molecular formula is C18H28N2O3S2. The molecule has 1 aromatic carbocycles. The molecule has 0 bridgehead atoms. The standard InChI is InChI=1S/C18H28N2O3S2/c1-3-12-25(22,23)17-7-5-4-6-16(17)24-14(2)18(21)20-10-8-15(13-19)9-11-20/h4-7,14-15H,3,8-13,19H2,1-2H3. The number of carbonyl (C=O) groups is 1. The summed E-state index contributed by atoms with van der Waals surface area (Å²) in [6.45, 7) is 5.85. The largest absolute Gasteiger partial charge is 0.342 e. The van der Waals surface area contributed by atoms with E-state index in [1.807, 2.05) is 24.8 Å². The van der Waals surface area contributed by atoms with Gasteiger partial charge in [-0.15, -0.1) is 11.8 Å². The third-order valence-corrected chi connectivity index (χ3v) is 7.83. The molecule has 0 radical (unpaired) electrons. The first-order valence-electron chi connectivity index (χ1n) is 8.86. The normalized spacial score (nSPS) is 17.5. The molecule has 1 saturated heterocycles. The smallest absolute Gasteiger partial charge is 0.235 e. The Labute approximate surface area is 155 Å². The van der Waals surface area contributed by atoms with Crippen LogP contribution in [0.2, 0.25) is 0 Å². The molecule has 7 heteroatoms. The zero-order valence-corrected chi connectivity index (χ0v) is 16.6. The molecule has 140 valence electrons. The minimum absolute atomic E-state index is 0.0724. The molecule has 0 aliphatic carbocycles. The summed E-state index contributed by atoms with van der Waals surface area (Å²) >= 11 is 1.34. The van der Waals surface area contributed by atoms with Crippen LogP contribution in [0.3, 0.4) is 0 Å². The molecule has 2 N–H and O–H groups in total. The monoisotopic (exact) mass is 384 g/mol. The number of likely N-dealkylation sites (tertiary alicyclic amines) is 1. The summed E-state index contributed by atoms with van der Waals surface area (Å²) in [7, 11) is -3.31. The van der Waals surface area contributed by atoms with Gasteiger partial charge >= 0.3 is 0 Å². The van der Waals surface area contributed by atoms with Crippen molar-refractivity contribution in [1.82, 2.24) is 4.90 Å². The second-order valence-electron chi connectivity index (χ2n) is 6.53. The number of benzene rings is 1. The zero-order valence-electron chi connectivity index (χ0n) is 15.0. The second kappa shape index (κ2) is 9.05. The lowest BCUT2D eigenvalue weighted by Gasteiger charge is -2.33. The van der Waals surface area contributed by atoms with Crippen LogP contribution < -0.4 is 5.73 Å². The molecule has 1 fully saturated rings. The number of nitrogens with two attached hydrogens (primary N) is 1. The van der Waals surface area contributed by atoms with Gasteiger partial charge in [0.25, 0.3) is 0 Å². The molecule has 1 aliphatic heterocycles. The van der Waals surface area contributed by atoms with E-state index in [0.29, 0.717) is 28.7 Å². The molecular weight excluding hydrogens is 356 g/mol. The van der Waals surface area contributed by atoms with E-state index in [1.165, 1.54) is 11.8 Å². The first-order valence-corrected chi connectivity index (χ1v) is 11.4. The average Bonchev–Trinajstić information content (AvgIpc) is 2.61. The van der Waals surface area contributed by atoms with Gasteiger partial charge in [0, 0.05) is 18.0 Å². The summed E-state index contributed by atoms with van der Waals surface area (Å²) < 4.78 is 24.9. The third-order valence-electron chi connectivity index (χ3n) is 4.57. The van der Waals surface area contributed by atoms with Crippen LogP contribution in [0.25, 0.3) is 0 Å². The molecule has 1 amide bonds. The van der Waals surface area contributed by atoms with Crippen molar-refractivity contribution in [1.29, 1.82) is 0 Å². The number of thioether (sulfide) groups is 1. The van der Waals surface area contributed by atoms with Gasteiger partial charge in [-0.3, -0.25) is 4.79 Å². The predicted molar refractivity (Wildman–Crippen MR) is 102 cm³/mol. The van der Waals surface area contributed by atoms with Gasteiger partial charge in [-0.1, -0.05) is 19.1 Å². The highest BCUT2D eigenvalue weighted by Crippen LogP contribution is 2.32. The van der Waals surface area contributed by atoms with E-state index in [4.69, 9.17) is 5.73 Å². The molecule has 1 heterocycles. The quantitative estimate of drug-likeness (QED) is 0.731. The minimum atomic E-state index is -3.31. The molecule has 1 aromatic rings. The second-order valence-corrected chi connectivity index (χ2v) is 9.99. The number of rotatable bonds is 7. The van der Waals surface area contributed by atoms with Crippen molar-refractivity contribution in [3.63, 3.8) is 0 Å². The molecule has 0 aromatic heterocycles. The van der Waals surface area contributed by atoms with Crippen molar-refractivity contribution in [3.8, 4) is 0 Å². The third kappa shape index (κ3) is 5.21. The maximum absolute atomic E-state index is 12.7. The van der Waals surface area contributed by atoms with Gasteiger partial charge in [0.05, 0.1) is 15.9 Å². The summed E-state index contributed by atoms with van der Waals surface area (Å²) in [5.41, 5.74) is 5.70. The fourth-order valence-corrected chi connectivity index (χ4v) is 5.99. The van der Waals surface area contributed by atoms with E-state index < -0.39 is 9.84 Å². The van der Waals surface area contributed by atoms with Crippen LogP contribution >= 0.6 is 11.8 Å². The van der Waals surface area contributed by atoms with Gasteiger partial charge in [-0.2, -0.15) is 0 Å². The molecule has 1 atom stereocenters. The molecule has 1 aliphatic rings. The first-order chi connectivity index (χ1) is 11.9. The Morgan fingerprint density at radius 1 is 1.32 bits per heavy atom. The van der Waals surface area contributed by atoms with Gasteiger partial charge in [0.15, 0.2) is 9.84 Å². The number of nitrogens with zero attached hydrogens (tertiary/aromatic N) is 1. The van der Waals surface area contributed by atoms with Gasteiger partial charge in [0.2, 0.25) is 5.91 Å². The highest BCUT2D eigenvalue weighted by Gasteiger charge is 2.27. The summed E-state index contributed by atoms with van der Waals surface area (Å²) in [4.78, 5) is 15.6. The van der Waals surface area contributed by atoms with Gasteiger partial charge in [0.1, 0.15) is 0 Å². The van der Waals surface area contributed by atoms with E-state index in [1.54, 1.807) is 18.2 Å². The average molecular weight is 385 g/mol. The van der Waals surface area contributed by atoms with Crippen molar-refractivity contribution >= 4 is 27.5 Å². The van der Waals surface area contributed by atoms with Crippen molar-refractivity contribution in [3.05, 3.63) is 24.3 Å². The van der Waals surface area contributed by atoms with Crippen LogP contribution in [0.5, 0.6) is 0 Å². The number of carbonyl (C=O) groups excluding carboxylic acids is 1. The van der Waals surface area contributed by atoms with Gasteiger partial charge in [-0.25, -0.2) is 8.42 Å². The molecule has 0 saturated carbocycles. The Bertz CT molecular complexity index is 683. The molecule has 5 nitrogen and oxygen atoms in total. The van der Waals surface area contributed by atoms with Crippen LogP contribution in [0.1, 0.15) is 33.1 Å². The summed E-state index contributed by atoms with van der Waals surface area (Å²) in [6.07, 6.45) is 2.47. The fraction of sp³-hybridized carbons (Fsp3) is 0.611. The van der Waals surface area contributed by atoms with Gasteiger partial charge < -0.3 is 10.6 Å². The molecule has 2 rings (SSSR count). The van der Waals surface area contributed by atoms with Crippen molar-refractivity contribution in [2.24, 2.45) is 11.7 Å². The molecule has 0 spiro atoms. The van der Waals surface area contributed by atoms with E-state index >= 15 is 0 Å². The van der Waals surface area contributed by atoms with Crippen LogP contribution in [0.4, 0.5) is 0 Å². The Morgan fingerprint density at radius 3 is 2.56 bits per heavy atom. The number of hydrogen-bond acceptors (Lipinski definition) is 5. The van der Waals surface area contributed by atoms with E-state index in [2.05, 4.69) is 0 Å². The van der Waals surface area contributed by atoms with Gasteiger partial charge in [-0.05, 0) is 50.8 Å². The maximum Gasteiger partial charge on any atom is 0.235 e. The Balaban J connectivity index is 2.08. The van der Waals surface area contributed by atoms with Crippen molar-refractivity contribution < 1.29 is 13.2 Å². The van der Waals surface area contributed by atoms with Crippen LogP contribution in [-0.2, 0) is 14.6 Å². The van der Waals surface area contributed by atoms with E-state index in [-0.39, 0.29) is 16.9 Å². The Hall–Kier alpha value is -1.05. The van der Waals surface area contributed by atoms with Crippen LogP contribution in [0, 0.1) is 5.92 Å². The maximum atomic E-state index is 12.7. The highest BCUT2D eigenvalue weighted by atomic mass is 32.2. The lowest BCUT2D eigenvalue weighted by Crippen LogP contribution is -2.43. The van der Waals surface area contributed by atoms with Crippen molar-refractivity contribution in [2.45, 2.75) is 48.2 Å². The number of hydrogen-bond donors (Lipinski definition) is 1. The van der Waals surface area contributed by atoms with Crippen LogP contribution in [-0.4, -0.2) is 49.9 Å². The Kier molecular flexibility index (Phi) is 7.34. The molecule has 1 unspecified atom stereocenters. The summed E-state index contributed by atoms with van der Waals surface area (Å²) in [5, 5.41) is -0.313. The zero-order chi connectivity index (χ0) is 18.4. The number of piperidine rings is 1. The van der Waals surface area contributed by atoms with E-state index in [0.717, 1.165) is 25.9 Å². The van der Waals surface area contributed by atoms with E-state index in [9.17, 15) is 13.2 Å². The lowest BCUT2D eigenvalue weighted by molar-refractivity contribution is -0.131. The molecule has 25 heavy (non-hydrogen) atoms. The van der Waals surface area contributed by atoms with Crippen molar-refractivity contribution in [2.75, 3.05) is 25.4 Å². The fourth-order valence-electron chi connectivity index (χ4n) is 3.07. The number of amides is 1. The topological polar surface area (TPSA) is 80.5 Å². The number of sulfone groups is 1. The SMILES string of the molecule is CCCS(=O)(=O)c1ccccc1SC(C)C(=O)N1CCC(CN)CC1. The summed E-state index contributed by atoms with van der Waals surface area (Å²) in [6, 6.07) is 6.98. The van der Waals surface area contributed by atoms with Crippen LogP contribution in [0.15, 0.2) is 34.1 Å². The minimum Gasteiger partial charge on any atom is -0.342 e. The predicted octanol–water partition coefficient (Wildman–Crippen LogP) is 2.55. The highest BCUT2D eigenvalue weighted by molar-refractivity contribution is 8.01. The Morgan fingerprint density at radius 2 is 1.96 bits per heavy atom. The first kappa shape index (κ1) is 20.3. The summed E-state index contributed by atoms with van der Waals surface area (Å²) in [5.74, 6) is 0.703.